The molecule has 0 bridgehead atoms. The van der Waals surface area contributed by atoms with E-state index in [9.17, 15) is 5.26 Å². The summed E-state index contributed by atoms with van der Waals surface area (Å²) < 4.78 is 14.3. The summed E-state index contributed by atoms with van der Waals surface area (Å²) in [5, 5.41) is 24.6. The van der Waals surface area contributed by atoms with Crippen molar-refractivity contribution in [1.82, 2.24) is 37.4 Å². The van der Waals surface area contributed by atoms with Gasteiger partial charge in [0.25, 0.3) is 0 Å². The second kappa shape index (κ2) is 30.5. The highest BCUT2D eigenvalue weighted by Gasteiger charge is 2.25. The number of hydrogen-bond acceptors (Lipinski definition) is 3. The monoisotopic (exact) mass is 1700 g/mol. The Labute approximate surface area is 770 Å². The van der Waals surface area contributed by atoms with Crippen LogP contribution in [0.3, 0.4) is 0 Å². The first-order valence-electron chi connectivity index (χ1n) is 45.6. The lowest BCUT2D eigenvalue weighted by molar-refractivity contribution is 1.16. The van der Waals surface area contributed by atoms with Crippen molar-refractivity contribution < 1.29 is 0 Å². The molecule has 27 aromatic rings. The maximum atomic E-state index is 10.2. The van der Waals surface area contributed by atoms with Gasteiger partial charge < -0.3 is 27.4 Å². The molecule has 0 saturated heterocycles. The minimum atomic E-state index is 0.540. The highest BCUT2D eigenvalue weighted by molar-refractivity contribution is 6.17. The van der Waals surface area contributed by atoms with E-state index in [1.807, 2.05) is 24.3 Å². The van der Waals surface area contributed by atoms with Gasteiger partial charge in [0.2, 0.25) is 0 Å². The zero-order chi connectivity index (χ0) is 88.2. The number of aromatic nitrogens is 8. The summed E-state index contributed by atoms with van der Waals surface area (Å²) in [4.78, 5) is 11.1. The van der Waals surface area contributed by atoms with Crippen molar-refractivity contribution in [3.05, 3.63) is 473 Å². The van der Waals surface area contributed by atoms with Gasteiger partial charge in [-0.15, -0.1) is 0 Å². The Bertz CT molecular complexity index is 9210. The highest BCUT2D eigenvalue weighted by atomic mass is 15.0. The maximum absolute atomic E-state index is 10.2. The molecule has 134 heavy (non-hydrogen) atoms. The number of fused-ring (bicyclic) bond motifs is 18. The molecule has 9 nitrogen and oxygen atoms in total. The van der Waals surface area contributed by atoms with Crippen molar-refractivity contribution in [2.45, 2.75) is 0 Å². The number of benzene rings is 20. The van der Waals surface area contributed by atoms with Crippen LogP contribution >= 0.6 is 0 Å². The van der Waals surface area contributed by atoms with Crippen LogP contribution < -0.4 is 0 Å². The maximum Gasteiger partial charge on any atom is 0.160 e. The van der Waals surface area contributed by atoms with Crippen LogP contribution in [0.5, 0.6) is 0 Å². The first-order chi connectivity index (χ1) is 66.4. The average Bonchev–Trinajstić information content (AvgIpc) is 1.58. The molecule has 20 aromatic carbocycles. The molecular formula is C125H77N9. The zero-order valence-electron chi connectivity index (χ0n) is 72.5. The molecule has 0 saturated carbocycles. The third kappa shape index (κ3) is 12.2. The van der Waals surface area contributed by atoms with Gasteiger partial charge in [-0.1, -0.05) is 237 Å². The third-order valence-electron chi connectivity index (χ3n) is 27.6. The fraction of sp³-hybridized carbons (Fsp3) is 0. The van der Waals surface area contributed by atoms with E-state index in [2.05, 4.69) is 476 Å². The molecule has 0 unspecified atom stereocenters. The van der Waals surface area contributed by atoms with Gasteiger partial charge in [0.15, 0.2) is 5.82 Å². The Balaban J connectivity index is 0.583. The number of hydrogen-bond donors (Lipinski definition) is 0. The van der Waals surface area contributed by atoms with E-state index in [4.69, 9.17) is 9.97 Å². The number of nitriles is 1. The molecule has 0 atom stereocenters. The van der Waals surface area contributed by atoms with Crippen LogP contribution in [-0.4, -0.2) is 37.4 Å². The van der Waals surface area contributed by atoms with E-state index >= 15 is 0 Å². The molecule has 0 amide bonds. The molecule has 0 aliphatic carbocycles. The molecule has 9 heteroatoms. The predicted molar refractivity (Wildman–Crippen MR) is 556 cm³/mol. The SMILES string of the molecule is N#Cc1ccc(-c2nc(-c3cc(-c4ccc(-n5c6ccccc6c6cc(-c7ccc8c(c7)c7ccccc7n8-c7ccccc7)ccc65)cc4)cc(-c4ccc(-n5c6ccccc6c6cc(-c7ccc8c(c7)c7ccccc7n8-c7ccccc7)ccc65)cc4)c3)cc(-c3cccc(-n4c5ccccc5c5cc(-c6ccc7c(c6)c6ccccc6n7-c6ccccc6)ccc54)c3)n2)cc1. The molecule has 0 aliphatic rings. The smallest absolute Gasteiger partial charge is 0.160 e. The van der Waals surface area contributed by atoms with E-state index in [0.29, 0.717) is 11.4 Å². The van der Waals surface area contributed by atoms with Gasteiger partial charge in [-0.25, -0.2) is 9.97 Å². The average molecular weight is 1710 g/mol. The molecular weight excluding hydrogens is 1630 g/mol. The lowest BCUT2D eigenvalue weighted by Crippen LogP contribution is -1.98. The van der Waals surface area contributed by atoms with Crippen LogP contribution in [0.4, 0.5) is 0 Å². The summed E-state index contributed by atoms with van der Waals surface area (Å²) in [6.45, 7) is 0. The molecule has 0 radical (unpaired) electrons. The van der Waals surface area contributed by atoms with Gasteiger partial charge in [0.1, 0.15) is 0 Å². The fourth-order valence-corrected chi connectivity index (χ4v) is 21.4. The molecule has 27 rings (SSSR count). The Morgan fingerprint density at radius 2 is 0.388 bits per heavy atom. The number of nitrogens with zero attached hydrogens (tertiary/aromatic N) is 9. The van der Waals surface area contributed by atoms with E-state index in [1.165, 1.54) is 98.1 Å². The van der Waals surface area contributed by atoms with Gasteiger partial charge in [0.05, 0.1) is 89.2 Å². The molecule has 7 aromatic heterocycles. The minimum absolute atomic E-state index is 0.540. The standard InChI is InChI=1S/C125H77N9/c126-78-79-43-45-82(46-44-79)125-127-111(89-23-22-30-98(70-89)134-118-42-21-15-36-104(118)110-76-88(56-66-124(110)134)85-53-63-121-107(73-85)101-33-12-18-39-115(101)131(121)95-28-8-3-9-29-95)77-112(128-125)92-68-90(80-47-57-96(58-48-80)132-116-40-19-13-34-102(116)108-74-86(54-64-122(108)132)83-51-61-119-105(71-83)99-31-10-16-37-113(99)129(119)93-24-4-1-5-25-93)67-91(69-92)81-49-59-97(60-50-81)133-117-41-20-14-35-103(117)109-75-87(55-65-123(109)133)84-52-62-120-106(72-84)100-32-11-17-38-114(100)130(120)94-26-6-2-7-27-94/h1-77H. The van der Waals surface area contributed by atoms with E-state index in [1.54, 1.807) is 0 Å². The first kappa shape index (κ1) is 75.9. The van der Waals surface area contributed by atoms with Crippen molar-refractivity contribution in [2.75, 3.05) is 0 Å². The summed E-state index contributed by atoms with van der Waals surface area (Å²) in [5.74, 6) is 0.540. The lowest BCUT2D eigenvalue weighted by atomic mass is 9.94. The number of para-hydroxylation sites is 9. The van der Waals surface area contributed by atoms with Gasteiger partial charge in [-0.05, 0) is 286 Å². The third-order valence-corrected chi connectivity index (χ3v) is 27.6. The van der Waals surface area contributed by atoms with Gasteiger partial charge in [0, 0.05) is 115 Å². The molecule has 0 aliphatic heterocycles. The van der Waals surface area contributed by atoms with E-state index < -0.39 is 0 Å². The van der Waals surface area contributed by atoms with Crippen molar-refractivity contribution in [3.63, 3.8) is 0 Å². The lowest BCUT2D eigenvalue weighted by Gasteiger charge is -2.15. The largest absolute Gasteiger partial charge is 0.309 e. The first-order valence-corrected chi connectivity index (χ1v) is 45.6. The molecule has 7 heterocycles. The number of rotatable bonds is 14. The quantitative estimate of drug-likeness (QED) is 0.109. The van der Waals surface area contributed by atoms with Gasteiger partial charge in [-0.2, -0.15) is 5.26 Å². The summed E-state index contributed by atoms with van der Waals surface area (Å²) in [5.41, 5.74) is 36.1. The Hall–Kier alpha value is -18.2. The van der Waals surface area contributed by atoms with Crippen LogP contribution in [0, 0.1) is 11.3 Å². The van der Waals surface area contributed by atoms with Crippen LogP contribution in [-0.2, 0) is 0 Å². The van der Waals surface area contributed by atoms with Gasteiger partial charge in [-0.3, -0.25) is 0 Å². The van der Waals surface area contributed by atoms with Crippen LogP contribution in [0.1, 0.15) is 5.56 Å². The fourth-order valence-electron chi connectivity index (χ4n) is 21.4. The summed E-state index contributed by atoms with van der Waals surface area (Å²) >= 11 is 0. The van der Waals surface area contributed by atoms with Crippen molar-refractivity contribution in [1.29, 1.82) is 5.26 Å². The Morgan fingerprint density at radius 3 is 0.694 bits per heavy atom. The Kier molecular flexibility index (Phi) is 17.3. The topological polar surface area (TPSA) is 79.1 Å². The second-order valence-electron chi connectivity index (χ2n) is 35.1. The predicted octanol–water partition coefficient (Wildman–Crippen LogP) is 32.3. The second-order valence-corrected chi connectivity index (χ2v) is 35.1. The van der Waals surface area contributed by atoms with Crippen molar-refractivity contribution >= 4 is 131 Å². The summed E-state index contributed by atoms with van der Waals surface area (Å²) in [6.07, 6.45) is 0. The van der Waals surface area contributed by atoms with E-state index in [0.717, 1.165) is 151 Å². The van der Waals surface area contributed by atoms with Crippen LogP contribution in [0.25, 0.3) is 254 Å². The molecule has 0 spiro atoms. The van der Waals surface area contributed by atoms with Crippen LogP contribution in [0.15, 0.2) is 467 Å². The van der Waals surface area contributed by atoms with Crippen molar-refractivity contribution in [3.8, 4) is 130 Å². The zero-order valence-corrected chi connectivity index (χ0v) is 72.5. The highest BCUT2D eigenvalue weighted by Crippen LogP contribution is 2.46. The van der Waals surface area contributed by atoms with Crippen molar-refractivity contribution in [2.24, 2.45) is 0 Å². The van der Waals surface area contributed by atoms with E-state index in [-0.39, 0.29) is 0 Å². The molecule has 0 N–H and O–H groups in total. The summed E-state index contributed by atoms with van der Waals surface area (Å²) in [7, 11) is 0. The molecule has 622 valence electrons. The normalized spacial score (nSPS) is 11.9. The van der Waals surface area contributed by atoms with Gasteiger partial charge >= 0.3 is 0 Å². The molecule has 0 fully saturated rings. The Morgan fingerprint density at radius 1 is 0.149 bits per heavy atom. The summed E-state index contributed by atoms with van der Waals surface area (Å²) in [6, 6.07) is 172. The van der Waals surface area contributed by atoms with Crippen LogP contribution in [0.2, 0.25) is 0 Å². The minimum Gasteiger partial charge on any atom is -0.309 e.